The molecule has 7 nitrogen and oxygen atoms in total. The minimum atomic E-state index is -0.273. The van der Waals surface area contributed by atoms with Gasteiger partial charge in [0.1, 0.15) is 5.01 Å². The van der Waals surface area contributed by atoms with E-state index in [1.807, 2.05) is 0 Å². The highest BCUT2D eigenvalue weighted by atomic mass is 32.1. The van der Waals surface area contributed by atoms with Gasteiger partial charge in [-0.1, -0.05) is 30.4 Å². The monoisotopic (exact) mass is 327 g/mol. The maximum absolute atomic E-state index is 12.4. The first-order valence-electron chi connectivity index (χ1n) is 7.34. The van der Waals surface area contributed by atoms with E-state index in [-0.39, 0.29) is 18.4 Å². The zero-order valence-corrected chi connectivity index (χ0v) is 13.2. The van der Waals surface area contributed by atoms with Crippen LogP contribution in [0.1, 0.15) is 44.9 Å². The average Bonchev–Trinajstić information content (AvgIpc) is 3.19. The van der Waals surface area contributed by atoms with Gasteiger partial charge >= 0.3 is 0 Å². The molecule has 116 valence electrons. The molecule has 1 aliphatic heterocycles. The first kappa shape index (κ1) is 14.0. The molecular weight excluding hydrogens is 314 g/mol. The standard InChI is InChI=1S/C15H13N5O2S/c1-2-5-11-16-17-15-20(11)18-12(23-15)8-19-13(21)9-6-3-4-7-10(9)14(19)22/h3-4,6-7H,2,5,8H2,1H3. The Kier molecular flexibility index (Phi) is 3.19. The predicted octanol–water partition coefficient (Wildman–Crippen LogP) is 1.93. The number of amides is 2. The quantitative estimate of drug-likeness (QED) is 0.684. The molecule has 0 bridgehead atoms. The van der Waals surface area contributed by atoms with Gasteiger partial charge in [-0.15, -0.1) is 10.2 Å². The van der Waals surface area contributed by atoms with Gasteiger partial charge in [0.25, 0.3) is 11.8 Å². The third-order valence-corrected chi connectivity index (χ3v) is 4.63. The summed E-state index contributed by atoms with van der Waals surface area (Å²) < 4.78 is 1.70. The van der Waals surface area contributed by atoms with Gasteiger partial charge in [-0.2, -0.15) is 9.61 Å². The number of aromatic nitrogens is 4. The predicted molar refractivity (Wildman–Crippen MR) is 83.3 cm³/mol. The SMILES string of the molecule is CCCc1nnc2sc(CN3C(=O)c4ccccc4C3=O)nn12. The highest BCUT2D eigenvalue weighted by molar-refractivity contribution is 7.16. The second kappa shape index (κ2) is 5.24. The molecule has 3 aromatic rings. The molecule has 0 saturated carbocycles. The lowest BCUT2D eigenvalue weighted by Crippen LogP contribution is -2.29. The van der Waals surface area contributed by atoms with Crippen molar-refractivity contribution in [3.8, 4) is 0 Å². The molecule has 0 radical (unpaired) electrons. The number of hydrogen-bond acceptors (Lipinski definition) is 6. The molecule has 3 heterocycles. The van der Waals surface area contributed by atoms with E-state index < -0.39 is 0 Å². The number of imide groups is 1. The molecule has 8 heteroatoms. The molecule has 0 unspecified atom stereocenters. The Morgan fingerprint density at radius 3 is 2.43 bits per heavy atom. The van der Waals surface area contributed by atoms with Gasteiger partial charge in [0.05, 0.1) is 17.7 Å². The van der Waals surface area contributed by atoms with Crippen LogP contribution in [0.25, 0.3) is 4.96 Å². The lowest BCUT2D eigenvalue weighted by atomic mass is 10.1. The largest absolute Gasteiger partial charge is 0.269 e. The van der Waals surface area contributed by atoms with Crippen molar-refractivity contribution in [2.24, 2.45) is 0 Å². The van der Waals surface area contributed by atoms with E-state index in [1.54, 1.807) is 28.8 Å². The Morgan fingerprint density at radius 1 is 1.09 bits per heavy atom. The number of carbonyl (C=O) groups excluding carboxylic acids is 2. The zero-order valence-electron chi connectivity index (χ0n) is 12.4. The maximum atomic E-state index is 12.4. The van der Waals surface area contributed by atoms with Crippen molar-refractivity contribution < 1.29 is 9.59 Å². The summed E-state index contributed by atoms with van der Waals surface area (Å²) in [6.45, 7) is 2.22. The van der Waals surface area contributed by atoms with E-state index in [4.69, 9.17) is 0 Å². The smallest absolute Gasteiger partial charge is 0.261 e. The second-order valence-corrected chi connectivity index (χ2v) is 6.34. The average molecular weight is 327 g/mol. The van der Waals surface area contributed by atoms with E-state index in [0.717, 1.165) is 18.7 Å². The first-order chi connectivity index (χ1) is 11.2. The van der Waals surface area contributed by atoms with Crippen LogP contribution < -0.4 is 0 Å². The Bertz CT molecular complexity index is 894. The molecule has 0 N–H and O–H groups in total. The van der Waals surface area contributed by atoms with Crippen LogP contribution in [0.5, 0.6) is 0 Å². The third kappa shape index (κ3) is 2.14. The summed E-state index contributed by atoms with van der Waals surface area (Å²) in [5.74, 6) is 0.253. The number of rotatable bonds is 4. The molecule has 2 aromatic heterocycles. The lowest BCUT2D eigenvalue weighted by Gasteiger charge is -2.10. The van der Waals surface area contributed by atoms with Gasteiger partial charge in [-0.25, -0.2) is 0 Å². The molecule has 2 amide bonds. The summed E-state index contributed by atoms with van der Waals surface area (Å²) in [5.41, 5.74) is 0.902. The van der Waals surface area contributed by atoms with E-state index in [2.05, 4.69) is 22.2 Å². The van der Waals surface area contributed by atoms with Crippen LogP contribution in [-0.2, 0) is 13.0 Å². The first-order valence-corrected chi connectivity index (χ1v) is 8.16. The van der Waals surface area contributed by atoms with Gasteiger partial charge < -0.3 is 0 Å². The van der Waals surface area contributed by atoms with E-state index in [0.29, 0.717) is 21.1 Å². The van der Waals surface area contributed by atoms with Crippen LogP contribution in [0.2, 0.25) is 0 Å². The Balaban J connectivity index is 1.64. The molecule has 0 saturated heterocycles. The van der Waals surface area contributed by atoms with Crippen LogP contribution in [0.3, 0.4) is 0 Å². The molecule has 0 aliphatic carbocycles. The summed E-state index contributed by atoms with van der Waals surface area (Å²) in [6, 6.07) is 6.86. The summed E-state index contributed by atoms with van der Waals surface area (Å²) >= 11 is 1.35. The van der Waals surface area contributed by atoms with E-state index >= 15 is 0 Å². The van der Waals surface area contributed by atoms with Gasteiger partial charge in [-0.05, 0) is 18.6 Å². The Hall–Kier alpha value is -2.61. The molecule has 4 rings (SSSR count). The van der Waals surface area contributed by atoms with Gasteiger partial charge in [0, 0.05) is 6.42 Å². The summed E-state index contributed by atoms with van der Waals surface area (Å²) in [5, 5.41) is 13.3. The van der Waals surface area contributed by atoms with Crippen LogP contribution in [0.15, 0.2) is 24.3 Å². The molecule has 1 aromatic carbocycles. The van der Waals surface area contributed by atoms with Gasteiger partial charge in [0.15, 0.2) is 5.82 Å². The number of benzene rings is 1. The fraction of sp³-hybridized carbons (Fsp3) is 0.267. The number of carbonyl (C=O) groups is 2. The number of hydrogen-bond donors (Lipinski definition) is 0. The highest BCUT2D eigenvalue weighted by Crippen LogP contribution is 2.25. The third-order valence-electron chi connectivity index (χ3n) is 3.74. The molecule has 0 spiro atoms. The molecular formula is C15H13N5O2S. The molecule has 0 atom stereocenters. The minimum Gasteiger partial charge on any atom is -0.269 e. The normalized spacial score (nSPS) is 14.0. The van der Waals surface area contributed by atoms with Crippen molar-refractivity contribution in [3.63, 3.8) is 0 Å². The number of fused-ring (bicyclic) bond motifs is 2. The fourth-order valence-electron chi connectivity index (χ4n) is 2.66. The number of aryl methyl sites for hydroxylation is 1. The topological polar surface area (TPSA) is 80.5 Å². The highest BCUT2D eigenvalue weighted by Gasteiger charge is 2.35. The minimum absolute atomic E-state index is 0.159. The fourth-order valence-corrected chi connectivity index (χ4v) is 3.50. The second-order valence-electron chi connectivity index (χ2n) is 5.30. The van der Waals surface area contributed by atoms with Gasteiger partial charge in [0.2, 0.25) is 4.96 Å². The molecule has 1 aliphatic rings. The zero-order chi connectivity index (χ0) is 16.0. The Labute approximate surface area is 135 Å². The summed E-state index contributed by atoms with van der Waals surface area (Å²) in [6.07, 6.45) is 1.74. The van der Waals surface area contributed by atoms with Gasteiger partial charge in [-0.3, -0.25) is 14.5 Å². The van der Waals surface area contributed by atoms with Crippen molar-refractivity contribution in [2.45, 2.75) is 26.3 Å². The molecule has 23 heavy (non-hydrogen) atoms. The van der Waals surface area contributed by atoms with E-state index in [1.165, 1.54) is 16.2 Å². The van der Waals surface area contributed by atoms with Crippen molar-refractivity contribution >= 4 is 28.1 Å². The Morgan fingerprint density at radius 2 is 1.78 bits per heavy atom. The summed E-state index contributed by atoms with van der Waals surface area (Å²) in [4.78, 5) is 26.7. The van der Waals surface area contributed by atoms with Crippen molar-refractivity contribution in [2.75, 3.05) is 0 Å². The molecule has 0 fully saturated rings. The number of nitrogens with zero attached hydrogens (tertiary/aromatic N) is 5. The van der Waals surface area contributed by atoms with Crippen LogP contribution >= 0.6 is 11.3 Å². The van der Waals surface area contributed by atoms with Crippen LogP contribution in [0, 0.1) is 0 Å². The van der Waals surface area contributed by atoms with E-state index in [9.17, 15) is 9.59 Å². The van der Waals surface area contributed by atoms with Crippen molar-refractivity contribution in [1.82, 2.24) is 24.7 Å². The summed E-state index contributed by atoms with van der Waals surface area (Å²) in [7, 11) is 0. The van der Waals surface area contributed by atoms with Crippen molar-refractivity contribution in [3.05, 3.63) is 46.2 Å². The lowest BCUT2D eigenvalue weighted by molar-refractivity contribution is 0.0642. The van der Waals surface area contributed by atoms with Crippen molar-refractivity contribution in [1.29, 1.82) is 0 Å². The maximum Gasteiger partial charge on any atom is 0.261 e. The van der Waals surface area contributed by atoms with Crippen LogP contribution in [-0.4, -0.2) is 36.5 Å². The van der Waals surface area contributed by atoms with Crippen LogP contribution in [0.4, 0.5) is 0 Å².